The number of aromatic nitrogens is 1. The minimum absolute atomic E-state index is 0.0220. The molecule has 7 nitrogen and oxygen atoms in total. The van der Waals surface area contributed by atoms with Crippen LogP contribution < -0.4 is 11.1 Å². The van der Waals surface area contributed by atoms with Gasteiger partial charge < -0.3 is 21.1 Å². The number of amides is 1. The molecular formula is C12H18N4O3. The average molecular weight is 266 g/mol. The Labute approximate surface area is 111 Å². The molecule has 7 heteroatoms. The molecule has 0 spiro atoms. The molecule has 1 heterocycles. The van der Waals surface area contributed by atoms with Crippen LogP contribution >= 0.6 is 0 Å². The van der Waals surface area contributed by atoms with Crippen LogP contribution in [0.25, 0.3) is 0 Å². The van der Waals surface area contributed by atoms with E-state index in [-0.39, 0.29) is 23.0 Å². The Morgan fingerprint density at radius 1 is 1.58 bits per heavy atom. The highest BCUT2D eigenvalue weighted by Gasteiger charge is 2.19. The minimum Gasteiger partial charge on any atom is -0.478 e. The number of hydrogen-bond acceptors (Lipinski definition) is 5. The van der Waals surface area contributed by atoms with Gasteiger partial charge in [-0.1, -0.05) is 0 Å². The van der Waals surface area contributed by atoms with E-state index in [0.29, 0.717) is 6.54 Å². The van der Waals surface area contributed by atoms with Crippen LogP contribution in [0.2, 0.25) is 0 Å². The van der Waals surface area contributed by atoms with Gasteiger partial charge in [-0.25, -0.2) is 9.78 Å². The van der Waals surface area contributed by atoms with Crippen molar-refractivity contribution in [2.45, 2.75) is 19.9 Å². The van der Waals surface area contributed by atoms with Gasteiger partial charge in [0.2, 0.25) is 5.91 Å². The van der Waals surface area contributed by atoms with Gasteiger partial charge in [-0.05, 0) is 19.9 Å². The summed E-state index contributed by atoms with van der Waals surface area (Å²) in [4.78, 5) is 28.3. The third-order valence-electron chi connectivity index (χ3n) is 2.79. The number of carbonyl (C=O) groups is 2. The summed E-state index contributed by atoms with van der Waals surface area (Å²) in [6, 6.07) is 0.775. The molecule has 0 aliphatic rings. The normalized spacial score (nSPS) is 11.7. The Morgan fingerprint density at radius 2 is 2.21 bits per heavy atom. The molecule has 0 aliphatic carbocycles. The second-order valence-corrected chi connectivity index (χ2v) is 4.14. The van der Waals surface area contributed by atoms with Gasteiger partial charge >= 0.3 is 5.97 Å². The molecule has 1 amide bonds. The predicted octanol–water partition coefficient (Wildman–Crippen LogP) is 0.641. The first-order valence-electron chi connectivity index (χ1n) is 5.87. The number of nitrogen functional groups attached to an aromatic ring is 1. The van der Waals surface area contributed by atoms with E-state index >= 15 is 0 Å². The lowest BCUT2D eigenvalue weighted by molar-refractivity contribution is -0.130. The molecule has 1 aromatic heterocycles. The molecule has 0 saturated carbocycles. The van der Waals surface area contributed by atoms with E-state index in [2.05, 4.69) is 10.3 Å². The number of nitrogens with zero attached hydrogens (tertiary/aromatic N) is 2. The molecule has 104 valence electrons. The molecular weight excluding hydrogens is 248 g/mol. The summed E-state index contributed by atoms with van der Waals surface area (Å²) >= 11 is 0. The highest BCUT2D eigenvalue weighted by atomic mass is 16.4. The zero-order valence-corrected chi connectivity index (χ0v) is 11.2. The zero-order valence-electron chi connectivity index (χ0n) is 11.2. The van der Waals surface area contributed by atoms with E-state index in [1.54, 1.807) is 18.9 Å². The summed E-state index contributed by atoms with van der Waals surface area (Å²) < 4.78 is 0. The SMILES string of the molecule is CCN(C)C(=O)C(C)Nc1nccc(C(=O)O)c1N. The van der Waals surface area contributed by atoms with E-state index in [9.17, 15) is 9.59 Å². The summed E-state index contributed by atoms with van der Waals surface area (Å²) in [6.45, 7) is 4.12. The number of nitrogens with one attached hydrogen (secondary N) is 1. The molecule has 0 fully saturated rings. The topological polar surface area (TPSA) is 109 Å². The van der Waals surface area contributed by atoms with Crippen LogP contribution in [0.3, 0.4) is 0 Å². The number of nitrogens with two attached hydrogens (primary N) is 1. The van der Waals surface area contributed by atoms with Gasteiger partial charge in [0, 0.05) is 19.8 Å². The van der Waals surface area contributed by atoms with Crippen molar-refractivity contribution in [1.29, 1.82) is 0 Å². The molecule has 4 N–H and O–H groups in total. The first-order chi connectivity index (χ1) is 8.88. The third kappa shape index (κ3) is 3.34. The van der Waals surface area contributed by atoms with Crippen molar-refractivity contribution in [3.8, 4) is 0 Å². The molecule has 0 aliphatic heterocycles. The number of carbonyl (C=O) groups excluding carboxylic acids is 1. The zero-order chi connectivity index (χ0) is 14.6. The van der Waals surface area contributed by atoms with E-state index in [1.165, 1.54) is 12.3 Å². The second kappa shape index (κ2) is 6.03. The maximum Gasteiger partial charge on any atom is 0.337 e. The lowest BCUT2D eigenvalue weighted by Gasteiger charge is -2.21. The molecule has 0 aromatic carbocycles. The molecule has 0 saturated heterocycles. The quantitative estimate of drug-likeness (QED) is 0.721. The third-order valence-corrected chi connectivity index (χ3v) is 2.79. The van der Waals surface area contributed by atoms with Crippen LogP contribution in [0, 0.1) is 0 Å². The summed E-state index contributed by atoms with van der Waals surface area (Å²) in [5.41, 5.74) is 5.69. The largest absolute Gasteiger partial charge is 0.478 e. The van der Waals surface area contributed by atoms with E-state index < -0.39 is 12.0 Å². The van der Waals surface area contributed by atoms with Crippen molar-refractivity contribution in [2.24, 2.45) is 0 Å². The molecule has 1 unspecified atom stereocenters. The maximum absolute atomic E-state index is 11.9. The first-order valence-corrected chi connectivity index (χ1v) is 5.87. The van der Waals surface area contributed by atoms with Gasteiger partial charge in [-0.2, -0.15) is 0 Å². The lowest BCUT2D eigenvalue weighted by Crippen LogP contribution is -2.39. The maximum atomic E-state index is 11.9. The lowest BCUT2D eigenvalue weighted by atomic mass is 10.2. The molecule has 0 bridgehead atoms. The first kappa shape index (κ1) is 14.7. The number of pyridine rings is 1. The minimum atomic E-state index is -1.13. The molecule has 19 heavy (non-hydrogen) atoms. The highest BCUT2D eigenvalue weighted by Crippen LogP contribution is 2.20. The van der Waals surface area contributed by atoms with Gasteiger partial charge in [-0.3, -0.25) is 4.79 Å². The Kier molecular flexibility index (Phi) is 4.68. The number of aromatic carboxylic acids is 1. The number of hydrogen-bond donors (Lipinski definition) is 3. The van der Waals surface area contributed by atoms with E-state index in [4.69, 9.17) is 10.8 Å². The second-order valence-electron chi connectivity index (χ2n) is 4.14. The number of carboxylic acid groups (broad SMARTS) is 1. The van der Waals surface area contributed by atoms with Crippen molar-refractivity contribution < 1.29 is 14.7 Å². The number of anilines is 2. The van der Waals surface area contributed by atoms with Gasteiger partial charge in [0.05, 0.1) is 11.3 Å². The van der Waals surface area contributed by atoms with Crippen molar-refractivity contribution in [3.63, 3.8) is 0 Å². The Balaban J connectivity index is 2.91. The van der Waals surface area contributed by atoms with Crippen LogP contribution in [0.1, 0.15) is 24.2 Å². The van der Waals surface area contributed by atoms with Crippen molar-refractivity contribution >= 4 is 23.4 Å². The smallest absolute Gasteiger partial charge is 0.337 e. The monoisotopic (exact) mass is 266 g/mol. The Hall–Kier alpha value is -2.31. The Morgan fingerprint density at radius 3 is 2.74 bits per heavy atom. The fourth-order valence-electron chi connectivity index (χ4n) is 1.53. The van der Waals surface area contributed by atoms with Gasteiger partial charge in [0.15, 0.2) is 5.82 Å². The van der Waals surface area contributed by atoms with Gasteiger partial charge in [-0.15, -0.1) is 0 Å². The van der Waals surface area contributed by atoms with Crippen molar-refractivity contribution in [2.75, 3.05) is 24.6 Å². The van der Waals surface area contributed by atoms with Gasteiger partial charge in [0.1, 0.15) is 6.04 Å². The summed E-state index contributed by atoms with van der Waals surface area (Å²) in [6.07, 6.45) is 1.34. The predicted molar refractivity (Wildman–Crippen MR) is 72.0 cm³/mol. The van der Waals surface area contributed by atoms with Crippen LogP contribution in [0.5, 0.6) is 0 Å². The Bertz CT molecular complexity index is 490. The number of likely N-dealkylation sites (N-methyl/N-ethyl adjacent to an activating group) is 1. The van der Waals surface area contributed by atoms with E-state index in [1.807, 2.05) is 6.92 Å². The summed E-state index contributed by atoms with van der Waals surface area (Å²) in [5.74, 6) is -1.05. The highest BCUT2D eigenvalue weighted by molar-refractivity contribution is 5.96. The van der Waals surface area contributed by atoms with Crippen LogP contribution in [0.15, 0.2) is 12.3 Å². The average Bonchev–Trinajstić information content (AvgIpc) is 2.38. The number of rotatable bonds is 5. The fourth-order valence-corrected chi connectivity index (χ4v) is 1.53. The van der Waals surface area contributed by atoms with Crippen molar-refractivity contribution in [1.82, 2.24) is 9.88 Å². The summed E-state index contributed by atoms with van der Waals surface area (Å²) in [7, 11) is 1.69. The molecule has 1 aromatic rings. The van der Waals surface area contributed by atoms with Gasteiger partial charge in [0.25, 0.3) is 0 Å². The molecule has 0 radical (unpaired) electrons. The van der Waals surface area contributed by atoms with E-state index in [0.717, 1.165) is 0 Å². The number of carboxylic acids is 1. The summed E-state index contributed by atoms with van der Waals surface area (Å²) in [5, 5.41) is 11.8. The molecule has 1 rings (SSSR count). The van der Waals surface area contributed by atoms with Crippen LogP contribution in [-0.4, -0.2) is 46.5 Å². The standard InChI is InChI=1S/C12H18N4O3/c1-4-16(3)11(17)7(2)15-10-9(13)8(12(18)19)5-6-14-10/h5-7H,4,13H2,1-3H3,(H,14,15)(H,18,19). The van der Waals surface area contributed by atoms with Crippen LogP contribution in [-0.2, 0) is 4.79 Å². The van der Waals surface area contributed by atoms with Crippen LogP contribution in [0.4, 0.5) is 11.5 Å². The fraction of sp³-hybridized carbons (Fsp3) is 0.417. The molecule has 1 atom stereocenters. The van der Waals surface area contributed by atoms with Crippen molar-refractivity contribution in [3.05, 3.63) is 17.8 Å².